The molecule has 3 atom stereocenters. The summed E-state index contributed by atoms with van der Waals surface area (Å²) in [4.78, 5) is 0. The minimum Gasteiger partial charge on any atom is -0.369 e. The highest BCUT2D eigenvalue weighted by molar-refractivity contribution is 5.17. The topological polar surface area (TPSA) is 39.7 Å². The van der Waals surface area contributed by atoms with Gasteiger partial charge in [0, 0.05) is 6.54 Å². The average molecular weight is 484 g/mol. The van der Waals surface area contributed by atoms with E-state index in [2.05, 4.69) is 54.9 Å². The smallest absolute Gasteiger partial charge is 0.113 e. The molecule has 0 bridgehead atoms. The second-order valence-electron chi connectivity index (χ2n) is 9.34. The van der Waals surface area contributed by atoms with Gasteiger partial charge in [-0.15, -0.1) is 13.2 Å². The second-order valence-corrected chi connectivity index (χ2v) is 9.34. The molecule has 0 amide bonds. The molecule has 0 spiro atoms. The number of hydrogen-bond acceptors (Lipinski definition) is 4. The summed E-state index contributed by atoms with van der Waals surface area (Å²) in [5, 5.41) is 3.76. The van der Waals surface area contributed by atoms with Gasteiger partial charge in [-0.1, -0.05) is 103 Å². The first-order chi connectivity index (χ1) is 17.7. The van der Waals surface area contributed by atoms with Crippen LogP contribution in [0, 0.1) is 0 Å². The van der Waals surface area contributed by atoms with E-state index < -0.39 is 0 Å². The van der Waals surface area contributed by atoms with Gasteiger partial charge in [-0.3, -0.25) is 0 Å². The van der Waals surface area contributed by atoms with Crippen LogP contribution in [-0.4, -0.2) is 30.4 Å². The van der Waals surface area contributed by atoms with Gasteiger partial charge in [-0.2, -0.15) is 0 Å². The van der Waals surface area contributed by atoms with Crippen LogP contribution in [-0.2, 0) is 34.0 Å². The Morgan fingerprint density at radius 2 is 1.11 bits per heavy atom. The number of nitrogens with one attached hydrogen (secondary N) is 1. The van der Waals surface area contributed by atoms with Gasteiger partial charge >= 0.3 is 0 Å². The molecule has 4 rings (SSSR count). The fraction of sp³-hybridized carbons (Fsp3) is 0.312. The molecular formula is C32H37NO3. The summed E-state index contributed by atoms with van der Waals surface area (Å²) < 4.78 is 19.9. The molecule has 1 N–H and O–H groups in total. The maximum absolute atomic E-state index is 6.71. The molecule has 0 radical (unpaired) electrons. The van der Waals surface area contributed by atoms with E-state index in [1.165, 1.54) is 0 Å². The minimum atomic E-state index is -0.383. The van der Waals surface area contributed by atoms with Crippen molar-refractivity contribution in [3.05, 3.63) is 133 Å². The van der Waals surface area contributed by atoms with E-state index in [1.807, 2.05) is 66.7 Å². The van der Waals surface area contributed by atoms with E-state index in [-0.39, 0.29) is 23.9 Å². The standard InChI is InChI=1S/C32H37NO3/c1-3-20-32(21-4-2)31(36-25-28-18-12-7-13-19-28)30(35-24-27-16-10-6-11-17-27)29(22-33-32)34-23-26-14-8-5-9-15-26/h3-19,29-31,33H,1-2,20-25H2/t29-,30+,31-/m1/s1. The summed E-state index contributed by atoms with van der Waals surface area (Å²) in [5.74, 6) is 0. The summed E-state index contributed by atoms with van der Waals surface area (Å²) in [5.41, 5.74) is 3.00. The van der Waals surface area contributed by atoms with Crippen LogP contribution in [0.1, 0.15) is 29.5 Å². The molecule has 0 saturated carbocycles. The Balaban J connectivity index is 1.61. The van der Waals surface area contributed by atoms with E-state index >= 15 is 0 Å². The van der Waals surface area contributed by atoms with Crippen LogP contribution in [0.2, 0.25) is 0 Å². The Bertz CT molecular complexity index is 1040. The second kappa shape index (κ2) is 13.3. The van der Waals surface area contributed by atoms with Gasteiger partial charge in [0.1, 0.15) is 12.2 Å². The van der Waals surface area contributed by atoms with E-state index in [0.29, 0.717) is 26.4 Å². The Morgan fingerprint density at radius 1 is 0.667 bits per heavy atom. The molecule has 0 aliphatic carbocycles. The highest BCUT2D eigenvalue weighted by Crippen LogP contribution is 2.35. The lowest BCUT2D eigenvalue weighted by Crippen LogP contribution is -2.69. The molecule has 4 heteroatoms. The number of ether oxygens (including phenoxy) is 3. The first-order valence-electron chi connectivity index (χ1n) is 12.7. The summed E-state index contributed by atoms with van der Waals surface area (Å²) in [7, 11) is 0. The van der Waals surface area contributed by atoms with Crippen LogP contribution >= 0.6 is 0 Å². The third kappa shape index (κ3) is 6.80. The minimum absolute atomic E-state index is 0.183. The maximum Gasteiger partial charge on any atom is 0.113 e. The van der Waals surface area contributed by atoms with Crippen molar-refractivity contribution in [3.8, 4) is 0 Å². The Labute approximate surface area is 215 Å². The van der Waals surface area contributed by atoms with Crippen LogP contribution in [0.25, 0.3) is 0 Å². The van der Waals surface area contributed by atoms with Crippen molar-refractivity contribution in [2.24, 2.45) is 0 Å². The molecule has 36 heavy (non-hydrogen) atoms. The number of rotatable bonds is 13. The van der Waals surface area contributed by atoms with Crippen molar-refractivity contribution in [2.45, 2.75) is 56.5 Å². The third-order valence-electron chi connectivity index (χ3n) is 6.75. The Kier molecular flexibility index (Phi) is 9.65. The maximum atomic E-state index is 6.71. The molecule has 3 aromatic rings. The zero-order chi connectivity index (χ0) is 25.1. The van der Waals surface area contributed by atoms with Crippen molar-refractivity contribution in [1.29, 1.82) is 0 Å². The molecule has 1 aliphatic heterocycles. The molecule has 3 aromatic carbocycles. The lowest BCUT2D eigenvalue weighted by Gasteiger charge is -2.50. The lowest BCUT2D eigenvalue weighted by atomic mass is 9.77. The predicted molar refractivity (Wildman–Crippen MR) is 145 cm³/mol. The summed E-state index contributed by atoms with van der Waals surface area (Å²) in [6.45, 7) is 10.2. The summed E-state index contributed by atoms with van der Waals surface area (Å²) in [6, 6.07) is 30.8. The van der Waals surface area contributed by atoms with Crippen molar-refractivity contribution < 1.29 is 14.2 Å². The van der Waals surface area contributed by atoms with Crippen molar-refractivity contribution in [2.75, 3.05) is 6.54 Å². The molecule has 1 fully saturated rings. The SMILES string of the molecule is C=CCC1(CC=C)NC[C@@H](OCc2ccccc2)[C@H](OCc2ccccc2)[C@H]1OCc1ccccc1. The van der Waals surface area contributed by atoms with Crippen LogP contribution in [0.15, 0.2) is 116 Å². The lowest BCUT2D eigenvalue weighted by molar-refractivity contribution is -0.194. The number of piperidine rings is 1. The first-order valence-corrected chi connectivity index (χ1v) is 12.7. The van der Waals surface area contributed by atoms with Gasteiger partial charge in [0.2, 0.25) is 0 Å². The number of hydrogen-bond donors (Lipinski definition) is 1. The Morgan fingerprint density at radius 3 is 1.58 bits per heavy atom. The van der Waals surface area contributed by atoms with Crippen LogP contribution in [0.5, 0.6) is 0 Å². The van der Waals surface area contributed by atoms with Gasteiger partial charge in [-0.05, 0) is 29.5 Å². The van der Waals surface area contributed by atoms with Crippen molar-refractivity contribution in [3.63, 3.8) is 0 Å². The zero-order valence-corrected chi connectivity index (χ0v) is 20.9. The molecule has 1 heterocycles. The van der Waals surface area contributed by atoms with Gasteiger partial charge in [0.05, 0.1) is 31.5 Å². The molecule has 4 nitrogen and oxygen atoms in total. The van der Waals surface area contributed by atoms with Crippen molar-refractivity contribution in [1.82, 2.24) is 5.32 Å². The quantitative estimate of drug-likeness (QED) is 0.292. The van der Waals surface area contributed by atoms with Crippen LogP contribution in [0.4, 0.5) is 0 Å². The Hall–Kier alpha value is -3.02. The van der Waals surface area contributed by atoms with Gasteiger partial charge in [-0.25, -0.2) is 0 Å². The number of benzene rings is 3. The fourth-order valence-corrected chi connectivity index (χ4v) is 4.91. The van der Waals surface area contributed by atoms with E-state index in [9.17, 15) is 0 Å². The highest BCUT2D eigenvalue weighted by atomic mass is 16.6. The summed E-state index contributed by atoms with van der Waals surface area (Å²) in [6.07, 6.45) is 4.64. The normalized spacial score (nSPS) is 21.1. The molecule has 0 aromatic heterocycles. The first kappa shape index (κ1) is 26.1. The summed E-state index contributed by atoms with van der Waals surface area (Å²) >= 11 is 0. The zero-order valence-electron chi connectivity index (χ0n) is 20.9. The highest BCUT2D eigenvalue weighted by Gasteiger charge is 2.50. The molecule has 1 aliphatic rings. The molecule has 188 valence electrons. The van der Waals surface area contributed by atoms with Gasteiger partial charge < -0.3 is 19.5 Å². The van der Waals surface area contributed by atoms with Crippen LogP contribution < -0.4 is 5.32 Å². The fourth-order valence-electron chi connectivity index (χ4n) is 4.91. The molecular weight excluding hydrogens is 446 g/mol. The third-order valence-corrected chi connectivity index (χ3v) is 6.75. The molecule has 1 saturated heterocycles. The van der Waals surface area contributed by atoms with Gasteiger partial charge in [0.15, 0.2) is 0 Å². The van der Waals surface area contributed by atoms with Crippen LogP contribution in [0.3, 0.4) is 0 Å². The van der Waals surface area contributed by atoms with E-state index in [1.54, 1.807) is 0 Å². The van der Waals surface area contributed by atoms with E-state index in [0.717, 1.165) is 29.5 Å². The average Bonchev–Trinajstić information content (AvgIpc) is 2.93. The monoisotopic (exact) mass is 483 g/mol. The van der Waals surface area contributed by atoms with Gasteiger partial charge in [0.25, 0.3) is 0 Å². The molecule has 0 unspecified atom stereocenters. The van der Waals surface area contributed by atoms with Crippen molar-refractivity contribution >= 4 is 0 Å². The van der Waals surface area contributed by atoms with E-state index in [4.69, 9.17) is 14.2 Å². The predicted octanol–water partition coefficient (Wildman–Crippen LogP) is 6.24. The largest absolute Gasteiger partial charge is 0.369 e.